The van der Waals surface area contributed by atoms with Crippen molar-refractivity contribution in [3.8, 4) is 17.7 Å². The maximum absolute atomic E-state index is 13.9. The molecule has 0 unspecified atom stereocenters. The molecule has 0 saturated carbocycles. The normalized spacial score (nSPS) is 19.3. The van der Waals surface area contributed by atoms with E-state index in [0.717, 1.165) is 18.4 Å². The van der Waals surface area contributed by atoms with Gasteiger partial charge < -0.3 is 9.84 Å². The number of nitriles is 1. The number of halogens is 2. The topological polar surface area (TPSA) is 113 Å². The number of sulfone groups is 1. The van der Waals surface area contributed by atoms with Crippen LogP contribution in [0.5, 0.6) is 11.6 Å². The third-order valence-corrected chi connectivity index (χ3v) is 4.65. The van der Waals surface area contributed by atoms with Crippen molar-refractivity contribution >= 4 is 9.84 Å². The van der Waals surface area contributed by atoms with Gasteiger partial charge in [-0.3, -0.25) is 0 Å². The van der Waals surface area contributed by atoms with Gasteiger partial charge in [0.2, 0.25) is 5.88 Å². The zero-order valence-electron chi connectivity index (χ0n) is 12.8. The molecule has 25 heavy (non-hydrogen) atoms. The van der Waals surface area contributed by atoms with Crippen LogP contribution in [0.3, 0.4) is 0 Å². The van der Waals surface area contributed by atoms with Gasteiger partial charge in [-0.2, -0.15) is 5.26 Å². The molecule has 0 bridgehead atoms. The zero-order valence-corrected chi connectivity index (χ0v) is 13.6. The minimum absolute atomic E-state index is 0.00392. The summed E-state index contributed by atoms with van der Waals surface area (Å²) in [6, 6.07) is 4.97. The van der Waals surface area contributed by atoms with E-state index in [1.165, 1.54) is 6.07 Å². The van der Waals surface area contributed by atoms with Crippen LogP contribution in [0.25, 0.3) is 0 Å². The van der Waals surface area contributed by atoms with Crippen LogP contribution in [0.2, 0.25) is 0 Å². The molecule has 7 nitrogen and oxygen atoms in total. The van der Waals surface area contributed by atoms with E-state index in [2.05, 4.69) is 10.2 Å². The summed E-state index contributed by atoms with van der Waals surface area (Å²) < 4.78 is 56.3. The van der Waals surface area contributed by atoms with E-state index in [1.54, 1.807) is 6.07 Å². The molecule has 1 aliphatic rings. The number of hydrogen-bond donors (Lipinski definition) is 1. The molecule has 1 heterocycles. The molecule has 1 N–H and O–H groups in total. The van der Waals surface area contributed by atoms with E-state index in [1.807, 2.05) is 0 Å². The lowest BCUT2D eigenvalue weighted by atomic mass is 10.2. The predicted molar refractivity (Wildman–Crippen MR) is 79.9 cm³/mol. The number of fused-ring (bicyclic) bond motifs is 1. The zero-order chi connectivity index (χ0) is 18.4. The molecule has 3 rings (SSSR count). The molecule has 10 heteroatoms. The van der Waals surface area contributed by atoms with Crippen molar-refractivity contribution in [3.63, 3.8) is 0 Å². The number of aromatic nitrogens is 2. The molecule has 0 spiro atoms. The fourth-order valence-electron chi connectivity index (χ4n) is 2.59. The molecule has 130 valence electrons. The number of ether oxygens (including phenoxy) is 1. The van der Waals surface area contributed by atoms with Crippen LogP contribution in [0, 0.1) is 17.1 Å². The predicted octanol–water partition coefficient (Wildman–Crippen LogP) is 1.61. The van der Waals surface area contributed by atoms with Gasteiger partial charge in [-0.1, -0.05) is 0 Å². The van der Waals surface area contributed by atoms with Crippen LogP contribution in [0.15, 0.2) is 23.2 Å². The fraction of sp³-hybridized carbons (Fsp3) is 0.267. The molecule has 1 aromatic heterocycles. The molecule has 2 aromatic rings. The van der Waals surface area contributed by atoms with Gasteiger partial charge >= 0.3 is 0 Å². The van der Waals surface area contributed by atoms with Gasteiger partial charge in [0.1, 0.15) is 23.8 Å². The second-order valence-electron chi connectivity index (χ2n) is 5.53. The van der Waals surface area contributed by atoms with Gasteiger partial charge in [-0.05, 0) is 12.1 Å². The Morgan fingerprint density at radius 3 is 2.72 bits per heavy atom. The van der Waals surface area contributed by atoms with Crippen LogP contribution < -0.4 is 4.74 Å². The lowest BCUT2D eigenvalue weighted by molar-refractivity contribution is 0.0902. The quantitative estimate of drug-likeness (QED) is 0.877. The summed E-state index contributed by atoms with van der Waals surface area (Å²) in [5, 5.41) is 25.4. The molecular formula is C15H11F2N3O4S. The van der Waals surface area contributed by atoms with Crippen LogP contribution in [0.1, 0.15) is 22.8 Å². The Balaban J connectivity index is 2.11. The molecule has 0 amide bonds. The number of aliphatic hydroxyl groups is 1. The lowest BCUT2D eigenvalue weighted by Gasteiger charge is -2.12. The van der Waals surface area contributed by atoms with Gasteiger partial charge in [0.05, 0.1) is 11.6 Å². The number of benzene rings is 1. The highest BCUT2D eigenvalue weighted by Crippen LogP contribution is 2.41. The number of alkyl halides is 1. The highest BCUT2D eigenvalue weighted by molar-refractivity contribution is 7.90. The van der Waals surface area contributed by atoms with Crippen molar-refractivity contribution in [2.75, 3.05) is 6.26 Å². The Morgan fingerprint density at radius 1 is 1.36 bits per heavy atom. The Labute approximate surface area is 141 Å². The number of hydrogen-bond acceptors (Lipinski definition) is 7. The highest BCUT2D eigenvalue weighted by Gasteiger charge is 2.39. The van der Waals surface area contributed by atoms with E-state index < -0.39 is 33.0 Å². The van der Waals surface area contributed by atoms with Gasteiger partial charge in [0.15, 0.2) is 14.9 Å². The lowest BCUT2D eigenvalue weighted by Crippen LogP contribution is -2.12. The first-order valence-corrected chi connectivity index (χ1v) is 8.90. The van der Waals surface area contributed by atoms with Gasteiger partial charge in [-0.15, -0.1) is 10.2 Å². The third-order valence-electron chi connectivity index (χ3n) is 3.65. The minimum atomic E-state index is -3.85. The van der Waals surface area contributed by atoms with Crippen LogP contribution >= 0.6 is 0 Å². The summed E-state index contributed by atoms with van der Waals surface area (Å²) >= 11 is 0. The number of nitrogens with zero attached hydrogens (tertiary/aromatic N) is 3. The van der Waals surface area contributed by atoms with Crippen molar-refractivity contribution in [1.29, 1.82) is 5.26 Å². The van der Waals surface area contributed by atoms with E-state index in [-0.39, 0.29) is 34.7 Å². The summed E-state index contributed by atoms with van der Waals surface area (Å²) in [7, 11) is -3.85. The Bertz CT molecular complexity index is 1000. The largest absolute Gasteiger partial charge is 0.437 e. The Morgan fingerprint density at radius 2 is 2.08 bits per heavy atom. The second-order valence-corrected chi connectivity index (χ2v) is 7.46. The van der Waals surface area contributed by atoms with Crippen molar-refractivity contribution in [3.05, 3.63) is 40.7 Å². The fourth-order valence-corrected chi connectivity index (χ4v) is 3.43. The number of aliphatic hydroxyl groups excluding tert-OH is 1. The molecule has 0 aliphatic heterocycles. The van der Waals surface area contributed by atoms with Gasteiger partial charge in [0, 0.05) is 29.9 Å². The highest BCUT2D eigenvalue weighted by atomic mass is 32.2. The summed E-state index contributed by atoms with van der Waals surface area (Å²) in [6.45, 7) is 0. The standard InChI is InChI=1S/C15H11F2N3O4S/c1-25(22,23)15-12-10(5-11(17)13(12)21)14(19-20-15)24-9-3-7(6-18)2-8(16)4-9/h2-4,11,13,21H,5H2,1H3/t11-,13-/m1/s1. The smallest absolute Gasteiger partial charge is 0.242 e. The number of rotatable bonds is 3. The Kier molecular flexibility index (Phi) is 4.14. The molecule has 0 radical (unpaired) electrons. The molecule has 0 fully saturated rings. The third kappa shape index (κ3) is 3.16. The Hall–Kier alpha value is -2.64. The van der Waals surface area contributed by atoms with Crippen molar-refractivity contribution in [2.45, 2.75) is 23.7 Å². The average molecular weight is 367 g/mol. The first-order valence-electron chi connectivity index (χ1n) is 7.01. The molecule has 0 saturated heterocycles. The first kappa shape index (κ1) is 17.2. The molecule has 1 aliphatic carbocycles. The minimum Gasteiger partial charge on any atom is -0.437 e. The van der Waals surface area contributed by atoms with Crippen LogP contribution in [0.4, 0.5) is 8.78 Å². The molecule has 1 aromatic carbocycles. The van der Waals surface area contributed by atoms with Gasteiger partial charge in [0.25, 0.3) is 0 Å². The molecule has 2 atom stereocenters. The van der Waals surface area contributed by atoms with Crippen LogP contribution in [-0.4, -0.2) is 36.1 Å². The van der Waals surface area contributed by atoms with E-state index in [4.69, 9.17) is 10.00 Å². The van der Waals surface area contributed by atoms with Crippen LogP contribution in [-0.2, 0) is 16.3 Å². The maximum Gasteiger partial charge on any atom is 0.242 e. The summed E-state index contributed by atoms with van der Waals surface area (Å²) in [5.74, 6) is -1.07. The monoisotopic (exact) mass is 367 g/mol. The molecular weight excluding hydrogens is 356 g/mol. The SMILES string of the molecule is CS(=O)(=O)c1nnc(Oc2cc(F)cc(C#N)c2)c2c1[C@H](O)[C@H](F)C2. The van der Waals surface area contributed by atoms with E-state index >= 15 is 0 Å². The van der Waals surface area contributed by atoms with Gasteiger partial charge in [-0.25, -0.2) is 17.2 Å². The van der Waals surface area contributed by atoms with Crippen molar-refractivity contribution < 1.29 is 27.0 Å². The maximum atomic E-state index is 13.9. The van der Waals surface area contributed by atoms with Crippen molar-refractivity contribution in [2.24, 2.45) is 0 Å². The summed E-state index contributed by atoms with van der Waals surface area (Å²) in [4.78, 5) is 0. The van der Waals surface area contributed by atoms with E-state index in [9.17, 15) is 22.3 Å². The van der Waals surface area contributed by atoms with E-state index in [0.29, 0.717) is 0 Å². The average Bonchev–Trinajstić information content (AvgIpc) is 2.82. The van der Waals surface area contributed by atoms with Crippen molar-refractivity contribution in [1.82, 2.24) is 10.2 Å². The second kappa shape index (κ2) is 6.02. The first-order chi connectivity index (χ1) is 11.7. The summed E-state index contributed by atoms with van der Waals surface area (Å²) in [6.07, 6.45) is -2.89. The summed E-state index contributed by atoms with van der Waals surface area (Å²) in [5.41, 5.74) is -0.175.